The second-order valence-corrected chi connectivity index (χ2v) is 3.30. The molecule has 2 aliphatic carbocycles. The molecule has 1 N–H and O–H groups in total. The van der Waals surface area contributed by atoms with Crippen LogP contribution in [0.4, 0.5) is 0 Å². The maximum Gasteiger partial charge on any atom is 0.0464 e. The van der Waals surface area contributed by atoms with E-state index in [1.54, 1.807) is 0 Å². The van der Waals surface area contributed by atoms with Gasteiger partial charge < -0.3 is 5.11 Å². The molecule has 2 aliphatic rings. The average molecular weight is 112 g/mol. The van der Waals surface area contributed by atoms with Crippen LogP contribution in [0.1, 0.15) is 13.3 Å². The Hall–Kier alpha value is -0.0400. The third-order valence-corrected chi connectivity index (χ3v) is 2.91. The Balaban J connectivity index is 1.94. The molecule has 4 atom stereocenters. The van der Waals surface area contributed by atoms with Crippen molar-refractivity contribution in [1.29, 1.82) is 0 Å². The van der Waals surface area contributed by atoms with Crippen molar-refractivity contribution < 1.29 is 5.11 Å². The van der Waals surface area contributed by atoms with Crippen molar-refractivity contribution in [2.75, 3.05) is 6.61 Å². The molecule has 0 saturated heterocycles. The van der Waals surface area contributed by atoms with Crippen molar-refractivity contribution in [3.63, 3.8) is 0 Å². The van der Waals surface area contributed by atoms with E-state index in [1.165, 1.54) is 6.42 Å². The highest BCUT2D eigenvalue weighted by Gasteiger charge is 2.60. The molecule has 0 amide bonds. The van der Waals surface area contributed by atoms with E-state index in [0.717, 1.165) is 17.8 Å². The SMILES string of the molecule is CC1CC2C(CO)C12. The minimum Gasteiger partial charge on any atom is -0.396 e. The number of rotatable bonds is 1. The Morgan fingerprint density at radius 1 is 1.62 bits per heavy atom. The molecule has 0 aliphatic heterocycles. The van der Waals surface area contributed by atoms with Crippen LogP contribution in [0.15, 0.2) is 0 Å². The zero-order valence-electron chi connectivity index (χ0n) is 5.17. The predicted molar refractivity (Wildman–Crippen MR) is 31.3 cm³/mol. The summed E-state index contributed by atoms with van der Waals surface area (Å²) in [6, 6.07) is 0. The maximum absolute atomic E-state index is 8.70. The summed E-state index contributed by atoms with van der Waals surface area (Å²) < 4.78 is 0. The number of fused-ring (bicyclic) bond motifs is 1. The molecule has 0 heterocycles. The molecule has 2 fully saturated rings. The highest BCUT2D eigenvalue weighted by atomic mass is 16.3. The van der Waals surface area contributed by atoms with Crippen molar-refractivity contribution in [3.8, 4) is 0 Å². The lowest BCUT2D eigenvalue weighted by Gasteiger charge is -2.18. The van der Waals surface area contributed by atoms with Crippen molar-refractivity contribution in [2.45, 2.75) is 13.3 Å². The van der Waals surface area contributed by atoms with Crippen molar-refractivity contribution in [1.82, 2.24) is 0 Å². The van der Waals surface area contributed by atoms with Gasteiger partial charge in [-0.2, -0.15) is 0 Å². The van der Waals surface area contributed by atoms with Crippen LogP contribution in [0, 0.1) is 23.7 Å². The molecule has 8 heavy (non-hydrogen) atoms. The molecule has 2 saturated carbocycles. The van der Waals surface area contributed by atoms with Gasteiger partial charge in [-0.1, -0.05) is 6.92 Å². The lowest BCUT2D eigenvalue weighted by molar-refractivity contribution is 0.266. The van der Waals surface area contributed by atoms with Gasteiger partial charge in [-0.25, -0.2) is 0 Å². The van der Waals surface area contributed by atoms with Crippen LogP contribution in [0.25, 0.3) is 0 Å². The fraction of sp³-hybridized carbons (Fsp3) is 1.00. The molecule has 1 heteroatoms. The zero-order valence-corrected chi connectivity index (χ0v) is 5.17. The lowest BCUT2D eigenvalue weighted by atomic mass is 9.88. The quantitative estimate of drug-likeness (QED) is 0.534. The standard InChI is InChI=1S/C7H12O/c1-4-2-5-6(3-8)7(4)5/h4-8H,2-3H2,1H3. The number of aliphatic hydroxyl groups excluding tert-OH is 1. The van der Waals surface area contributed by atoms with E-state index in [9.17, 15) is 0 Å². The normalized spacial score (nSPS) is 59.2. The number of hydrogen-bond donors (Lipinski definition) is 1. The van der Waals surface area contributed by atoms with E-state index in [1.807, 2.05) is 0 Å². The minimum atomic E-state index is 0.444. The van der Waals surface area contributed by atoms with E-state index >= 15 is 0 Å². The van der Waals surface area contributed by atoms with Crippen molar-refractivity contribution in [2.24, 2.45) is 23.7 Å². The predicted octanol–water partition coefficient (Wildman–Crippen LogP) is 0.881. The van der Waals surface area contributed by atoms with Gasteiger partial charge in [0, 0.05) is 6.61 Å². The van der Waals surface area contributed by atoms with Crippen LogP contribution in [-0.2, 0) is 0 Å². The summed E-state index contributed by atoms with van der Waals surface area (Å²) >= 11 is 0. The molecule has 0 aromatic carbocycles. The smallest absolute Gasteiger partial charge is 0.0464 e. The molecular weight excluding hydrogens is 100 g/mol. The highest BCUT2D eigenvalue weighted by molar-refractivity contribution is 5.08. The van der Waals surface area contributed by atoms with Gasteiger partial charge in [-0.3, -0.25) is 0 Å². The Bertz CT molecular complexity index is 107. The summed E-state index contributed by atoms with van der Waals surface area (Å²) in [6.45, 7) is 2.73. The molecule has 0 aromatic rings. The van der Waals surface area contributed by atoms with Gasteiger partial charge in [0.05, 0.1) is 0 Å². The van der Waals surface area contributed by atoms with Gasteiger partial charge in [0.2, 0.25) is 0 Å². The fourth-order valence-corrected chi connectivity index (χ4v) is 2.30. The Morgan fingerprint density at radius 3 is 2.50 bits per heavy atom. The van der Waals surface area contributed by atoms with E-state index in [0.29, 0.717) is 12.5 Å². The first kappa shape index (κ1) is 4.80. The van der Waals surface area contributed by atoms with Crippen LogP contribution < -0.4 is 0 Å². The second-order valence-electron chi connectivity index (χ2n) is 3.30. The van der Waals surface area contributed by atoms with Gasteiger partial charge in [-0.05, 0) is 30.1 Å². The third-order valence-electron chi connectivity index (χ3n) is 2.91. The van der Waals surface area contributed by atoms with Gasteiger partial charge >= 0.3 is 0 Å². The molecule has 2 rings (SSSR count). The number of aliphatic hydroxyl groups is 1. The Labute approximate surface area is 49.7 Å². The molecule has 0 spiro atoms. The molecular formula is C7H12O. The first-order valence-corrected chi connectivity index (χ1v) is 3.45. The minimum absolute atomic E-state index is 0.444. The Morgan fingerprint density at radius 2 is 2.38 bits per heavy atom. The molecule has 0 aromatic heterocycles. The molecule has 4 unspecified atom stereocenters. The average Bonchev–Trinajstić information content (AvgIpc) is 2.34. The fourth-order valence-electron chi connectivity index (χ4n) is 2.30. The Kier molecular flexibility index (Phi) is 0.762. The summed E-state index contributed by atoms with van der Waals surface area (Å²) in [7, 11) is 0. The number of hydrogen-bond acceptors (Lipinski definition) is 1. The second kappa shape index (κ2) is 1.27. The summed E-state index contributed by atoms with van der Waals surface area (Å²) in [5.41, 5.74) is 0. The van der Waals surface area contributed by atoms with Crippen LogP contribution in [0.2, 0.25) is 0 Å². The van der Waals surface area contributed by atoms with Crippen LogP contribution in [0.3, 0.4) is 0 Å². The van der Waals surface area contributed by atoms with E-state index in [2.05, 4.69) is 6.92 Å². The molecule has 0 radical (unpaired) electrons. The molecule has 46 valence electrons. The first-order valence-electron chi connectivity index (χ1n) is 3.45. The van der Waals surface area contributed by atoms with Gasteiger partial charge in [0.1, 0.15) is 0 Å². The van der Waals surface area contributed by atoms with Gasteiger partial charge in [0.15, 0.2) is 0 Å². The van der Waals surface area contributed by atoms with Crippen LogP contribution in [-0.4, -0.2) is 11.7 Å². The highest BCUT2D eigenvalue weighted by Crippen LogP contribution is 2.64. The molecule has 1 nitrogen and oxygen atoms in total. The maximum atomic E-state index is 8.70. The monoisotopic (exact) mass is 112 g/mol. The lowest BCUT2D eigenvalue weighted by Crippen LogP contribution is -2.10. The largest absolute Gasteiger partial charge is 0.396 e. The van der Waals surface area contributed by atoms with Crippen LogP contribution in [0.5, 0.6) is 0 Å². The summed E-state index contributed by atoms with van der Waals surface area (Å²) in [4.78, 5) is 0. The zero-order chi connectivity index (χ0) is 5.72. The van der Waals surface area contributed by atoms with Gasteiger partial charge in [0.25, 0.3) is 0 Å². The van der Waals surface area contributed by atoms with E-state index < -0.39 is 0 Å². The van der Waals surface area contributed by atoms with Gasteiger partial charge in [-0.15, -0.1) is 0 Å². The topological polar surface area (TPSA) is 20.2 Å². The summed E-state index contributed by atoms with van der Waals surface area (Å²) in [5.74, 6) is 3.51. The molecule has 0 bridgehead atoms. The van der Waals surface area contributed by atoms with E-state index in [4.69, 9.17) is 5.11 Å². The van der Waals surface area contributed by atoms with Crippen LogP contribution >= 0.6 is 0 Å². The summed E-state index contributed by atoms with van der Waals surface area (Å²) in [5, 5.41) is 8.70. The van der Waals surface area contributed by atoms with Crippen molar-refractivity contribution in [3.05, 3.63) is 0 Å². The third kappa shape index (κ3) is 0.368. The van der Waals surface area contributed by atoms with Crippen molar-refractivity contribution >= 4 is 0 Å². The van der Waals surface area contributed by atoms with E-state index in [-0.39, 0.29) is 0 Å². The first-order chi connectivity index (χ1) is 3.84. The summed E-state index contributed by atoms with van der Waals surface area (Å²) in [6.07, 6.45) is 1.38.